The molecule has 3 N–H and O–H groups in total. The summed E-state index contributed by atoms with van der Waals surface area (Å²) in [6.45, 7) is 1.66. The van der Waals surface area contributed by atoms with E-state index in [2.05, 4.69) is 9.98 Å². The van der Waals surface area contributed by atoms with Gasteiger partial charge in [0.1, 0.15) is 29.3 Å². The van der Waals surface area contributed by atoms with Crippen molar-refractivity contribution in [3.05, 3.63) is 36.3 Å². The van der Waals surface area contributed by atoms with Crippen LogP contribution in [0.2, 0.25) is 0 Å². The molecule has 10 nitrogen and oxygen atoms in total. The number of hydrogen-bond acceptors (Lipinski definition) is 7. The lowest BCUT2D eigenvalue weighted by Gasteiger charge is -2.12. The predicted molar refractivity (Wildman–Crippen MR) is 93.0 cm³/mol. The molecule has 3 rings (SSSR count). The van der Waals surface area contributed by atoms with Crippen molar-refractivity contribution >= 4 is 29.5 Å². The number of aromatic nitrogens is 2. The molecule has 1 aliphatic rings. The van der Waals surface area contributed by atoms with Crippen LogP contribution in [-0.4, -0.2) is 51.8 Å². The highest BCUT2D eigenvalue weighted by molar-refractivity contribution is 6.55. The van der Waals surface area contributed by atoms with E-state index in [9.17, 15) is 9.59 Å². The lowest BCUT2D eigenvalue weighted by Crippen LogP contribution is -2.38. The van der Waals surface area contributed by atoms with E-state index in [0.29, 0.717) is 16.3 Å². The van der Waals surface area contributed by atoms with Crippen molar-refractivity contribution in [3.8, 4) is 11.4 Å². The first-order valence-corrected chi connectivity index (χ1v) is 7.64. The molecule has 0 saturated carbocycles. The molecule has 1 aromatic heterocycles. The monoisotopic (exact) mass is 356 g/mol. The number of nitrogens with one attached hydrogen (secondary N) is 1. The number of rotatable bonds is 4. The number of ether oxygens (including phenoxy) is 2. The first kappa shape index (κ1) is 17.1. The minimum Gasteiger partial charge on any atom is -0.497 e. The van der Waals surface area contributed by atoms with Crippen molar-refractivity contribution < 1.29 is 19.1 Å². The molecule has 134 valence electrons. The first-order chi connectivity index (χ1) is 12.5. The van der Waals surface area contributed by atoms with Gasteiger partial charge in [0.15, 0.2) is 5.84 Å². The Balaban J connectivity index is 1.92. The van der Waals surface area contributed by atoms with Crippen LogP contribution in [0.3, 0.4) is 0 Å². The van der Waals surface area contributed by atoms with Crippen LogP contribution in [0.5, 0.6) is 5.75 Å². The molecule has 3 amide bonds. The lowest BCUT2D eigenvalue weighted by molar-refractivity contribution is 0.134. The summed E-state index contributed by atoms with van der Waals surface area (Å²) in [5.74, 6) is 0.433. The summed E-state index contributed by atoms with van der Waals surface area (Å²) in [5.41, 5.74) is 6.87. The Morgan fingerprint density at radius 1 is 1.31 bits per heavy atom. The van der Waals surface area contributed by atoms with Gasteiger partial charge in [-0.25, -0.2) is 14.6 Å². The molecule has 2 aromatic rings. The number of imide groups is 1. The summed E-state index contributed by atoms with van der Waals surface area (Å²) in [6, 6.07) is 6.16. The van der Waals surface area contributed by atoms with Gasteiger partial charge in [0.2, 0.25) is 0 Å². The van der Waals surface area contributed by atoms with Crippen molar-refractivity contribution in [3.63, 3.8) is 0 Å². The van der Waals surface area contributed by atoms with Crippen molar-refractivity contribution in [2.24, 2.45) is 4.99 Å². The molecule has 0 aliphatic carbocycles. The fourth-order valence-corrected chi connectivity index (χ4v) is 2.41. The summed E-state index contributed by atoms with van der Waals surface area (Å²) >= 11 is 0. The van der Waals surface area contributed by atoms with Gasteiger partial charge in [-0.1, -0.05) is 0 Å². The fraction of sp³-hybridized carbons (Fsp3) is 0.188. The molecule has 0 fully saturated rings. The average Bonchev–Trinajstić information content (AvgIpc) is 3.14. The zero-order chi connectivity index (χ0) is 18.8. The second-order valence-electron chi connectivity index (χ2n) is 5.17. The van der Waals surface area contributed by atoms with Crippen LogP contribution in [-0.2, 0) is 4.74 Å². The highest BCUT2D eigenvalue weighted by Gasteiger charge is 2.38. The van der Waals surface area contributed by atoms with Gasteiger partial charge in [-0.2, -0.15) is 9.89 Å². The maximum atomic E-state index is 12.0. The van der Waals surface area contributed by atoms with E-state index in [1.54, 1.807) is 42.9 Å². The highest BCUT2D eigenvalue weighted by Crippen LogP contribution is 2.23. The molecule has 0 unspecified atom stereocenters. The number of anilines is 1. The van der Waals surface area contributed by atoms with Crippen molar-refractivity contribution in [1.29, 1.82) is 5.41 Å². The molecule has 0 bridgehead atoms. The van der Waals surface area contributed by atoms with Crippen molar-refractivity contribution in [2.75, 3.05) is 19.5 Å². The van der Waals surface area contributed by atoms with E-state index in [0.717, 1.165) is 0 Å². The third-order valence-electron chi connectivity index (χ3n) is 3.68. The number of urea groups is 1. The number of methoxy groups -OCH3 is 1. The number of amides is 3. The van der Waals surface area contributed by atoms with E-state index < -0.39 is 18.0 Å². The fourth-order valence-electron chi connectivity index (χ4n) is 2.41. The van der Waals surface area contributed by atoms with Crippen molar-refractivity contribution in [1.82, 2.24) is 14.5 Å². The Bertz CT molecular complexity index is 915. The standard InChI is InChI=1S/C16H16N6O4/c1-3-26-16(24)22-14(18)12(20-15(22)23)11-13(17)21(8-19-11)9-4-6-10(25-2)7-5-9/h4-8,18H,3,17H2,1-2H3. The Morgan fingerprint density at radius 2 is 2.00 bits per heavy atom. The van der Waals surface area contributed by atoms with E-state index in [1.807, 2.05) is 0 Å². The van der Waals surface area contributed by atoms with Gasteiger partial charge in [0.25, 0.3) is 0 Å². The molecule has 26 heavy (non-hydrogen) atoms. The topological polar surface area (TPSA) is 136 Å². The minimum absolute atomic E-state index is 0.0689. The molecule has 10 heteroatoms. The second-order valence-corrected chi connectivity index (χ2v) is 5.17. The zero-order valence-electron chi connectivity index (χ0n) is 14.1. The molecule has 1 aromatic carbocycles. The van der Waals surface area contributed by atoms with Gasteiger partial charge in [-0.15, -0.1) is 0 Å². The summed E-state index contributed by atoms with van der Waals surface area (Å²) in [7, 11) is 1.56. The smallest absolute Gasteiger partial charge is 0.424 e. The molecule has 1 aliphatic heterocycles. The van der Waals surface area contributed by atoms with E-state index in [-0.39, 0.29) is 23.8 Å². The third-order valence-corrected chi connectivity index (χ3v) is 3.68. The van der Waals surface area contributed by atoms with E-state index >= 15 is 0 Å². The van der Waals surface area contributed by atoms with E-state index in [1.165, 1.54) is 6.33 Å². The van der Waals surface area contributed by atoms with Crippen LogP contribution in [0.25, 0.3) is 5.69 Å². The molecule has 0 radical (unpaired) electrons. The Morgan fingerprint density at radius 3 is 2.62 bits per heavy atom. The summed E-state index contributed by atoms with van der Waals surface area (Å²) in [6.07, 6.45) is 0.481. The first-order valence-electron chi connectivity index (χ1n) is 7.64. The van der Waals surface area contributed by atoms with Crippen LogP contribution >= 0.6 is 0 Å². The maximum absolute atomic E-state index is 12.0. The maximum Gasteiger partial charge on any atom is 0.424 e. The minimum atomic E-state index is -0.964. The number of hydrogen-bond donors (Lipinski definition) is 2. The van der Waals surface area contributed by atoms with Crippen LogP contribution in [0, 0.1) is 5.41 Å². The predicted octanol–water partition coefficient (Wildman–Crippen LogP) is 1.82. The van der Waals surface area contributed by atoms with E-state index in [4.69, 9.17) is 20.6 Å². The van der Waals surface area contributed by atoms with Gasteiger partial charge >= 0.3 is 12.1 Å². The Hall–Kier alpha value is -3.69. The summed E-state index contributed by atoms with van der Waals surface area (Å²) in [4.78, 5) is 32.2. The Labute approximate surface area is 148 Å². The largest absolute Gasteiger partial charge is 0.497 e. The number of aliphatic imine (C=N–C) groups is 1. The average molecular weight is 356 g/mol. The number of carbonyl (C=O) groups excluding carboxylic acids is 2. The molecule has 0 atom stereocenters. The number of amidine groups is 1. The quantitative estimate of drug-likeness (QED) is 0.857. The molecule has 0 saturated heterocycles. The molecule has 2 heterocycles. The lowest BCUT2D eigenvalue weighted by atomic mass is 10.2. The third kappa shape index (κ3) is 2.77. The van der Waals surface area contributed by atoms with Crippen molar-refractivity contribution in [2.45, 2.75) is 6.92 Å². The van der Waals surface area contributed by atoms with Gasteiger partial charge < -0.3 is 15.2 Å². The van der Waals surface area contributed by atoms with Crippen LogP contribution in [0.15, 0.2) is 35.6 Å². The van der Waals surface area contributed by atoms with Gasteiger partial charge in [-0.05, 0) is 31.2 Å². The number of imidazole rings is 1. The second kappa shape index (κ2) is 6.67. The number of carbonyl (C=O) groups is 2. The summed E-state index contributed by atoms with van der Waals surface area (Å²) < 4.78 is 11.4. The SMILES string of the molecule is CCOC(=O)N1C(=N)C(c2ncn(-c3ccc(OC)cc3)c2N)=NC1=O. The number of benzene rings is 1. The molecule has 0 spiro atoms. The Kier molecular flexibility index (Phi) is 4.40. The normalized spacial score (nSPS) is 13.8. The number of nitrogens with zero attached hydrogens (tertiary/aromatic N) is 4. The van der Waals surface area contributed by atoms with Crippen LogP contribution < -0.4 is 10.5 Å². The molecular weight excluding hydrogens is 340 g/mol. The number of nitrogen functional groups attached to an aromatic ring is 1. The molecular formula is C16H16N6O4. The van der Waals surface area contributed by atoms with Gasteiger partial charge in [0, 0.05) is 5.69 Å². The highest BCUT2D eigenvalue weighted by atomic mass is 16.6. The summed E-state index contributed by atoms with van der Waals surface area (Å²) in [5, 5.41) is 8.06. The number of nitrogens with two attached hydrogens (primary N) is 1. The van der Waals surface area contributed by atoms with Crippen LogP contribution in [0.1, 0.15) is 12.6 Å². The van der Waals surface area contributed by atoms with Crippen LogP contribution in [0.4, 0.5) is 15.4 Å². The van der Waals surface area contributed by atoms with Gasteiger partial charge in [-0.3, -0.25) is 9.98 Å². The zero-order valence-corrected chi connectivity index (χ0v) is 14.1. The van der Waals surface area contributed by atoms with Gasteiger partial charge in [0.05, 0.1) is 13.7 Å².